The van der Waals surface area contributed by atoms with Crippen molar-refractivity contribution in [3.8, 4) is 0 Å². The molecule has 1 fully saturated rings. The minimum Gasteiger partial charge on any atom is -0.355 e. The van der Waals surface area contributed by atoms with Gasteiger partial charge in [0, 0.05) is 23.8 Å². The predicted octanol–water partition coefficient (Wildman–Crippen LogP) is 3.05. The zero-order valence-electron chi connectivity index (χ0n) is 7.79. The molecular formula is C10H12BrClN2. The van der Waals surface area contributed by atoms with Crippen molar-refractivity contribution < 1.29 is 0 Å². The van der Waals surface area contributed by atoms with Gasteiger partial charge >= 0.3 is 0 Å². The summed E-state index contributed by atoms with van der Waals surface area (Å²) < 4.78 is 1.01. The maximum Gasteiger partial charge on any atom is 0.128 e. The van der Waals surface area contributed by atoms with E-state index in [4.69, 9.17) is 11.6 Å². The average Bonchev–Trinajstić information content (AvgIpc) is 2.19. The van der Waals surface area contributed by atoms with E-state index in [2.05, 4.69) is 25.8 Å². The van der Waals surface area contributed by atoms with Crippen LogP contribution in [0.2, 0.25) is 0 Å². The van der Waals surface area contributed by atoms with E-state index in [0.29, 0.717) is 0 Å². The van der Waals surface area contributed by atoms with Crippen LogP contribution in [-0.4, -0.2) is 23.5 Å². The lowest BCUT2D eigenvalue weighted by Gasteiger charge is -2.30. The van der Waals surface area contributed by atoms with E-state index in [1.807, 2.05) is 18.3 Å². The van der Waals surface area contributed by atoms with Gasteiger partial charge in [0.05, 0.1) is 5.38 Å². The van der Waals surface area contributed by atoms with E-state index < -0.39 is 0 Å². The highest BCUT2D eigenvalue weighted by molar-refractivity contribution is 9.10. The van der Waals surface area contributed by atoms with Gasteiger partial charge in [0.2, 0.25) is 0 Å². The number of hydrogen-bond donors (Lipinski definition) is 0. The summed E-state index contributed by atoms with van der Waals surface area (Å²) >= 11 is 9.49. The quantitative estimate of drug-likeness (QED) is 0.732. The number of anilines is 1. The molecule has 2 rings (SSSR count). The third-order valence-corrected chi connectivity index (χ3v) is 3.22. The molecule has 0 amide bonds. The topological polar surface area (TPSA) is 16.1 Å². The fourth-order valence-electron chi connectivity index (χ4n) is 1.69. The van der Waals surface area contributed by atoms with Crippen LogP contribution in [-0.2, 0) is 0 Å². The van der Waals surface area contributed by atoms with E-state index in [-0.39, 0.29) is 5.38 Å². The van der Waals surface area contributed by atoms with E-state index in [1.54, 1.807) is 0 Å². The fraction of sp³-hybridized carbons (Fsp3) is 0.500. The van der Waals surface area contributed by atoms with E-state index >= 15 is 0 Å². The molecule has 0 spiro atoms. The lowest BCUT2D eigenvalue weighted by molar-refractivity contribution is 0.580. The van der Waals surface area contributed by atoms with Crippen LogP contribution in [0.25, 0.3) is 0 Å². The number of rotatable bonds is 1. The van der Waals surface area contributed by atoms with Gasteiger partial charge in [0.25, 0.3) is 0 Å². The van der Waals surface area contributed by atoms with Crippen molar-refractivity contribution in [3.05, 3.63) is 22.8 Å². The second kappa shape index (κ2) is 4.49. The Morgan fingerprint density at radius 2 is 2.36 bits per heavy atom. The molecule has 0 bridgehead atoms. The zero-order valence-corrected chi connectivity index (χ0v) is 10.1. The van der Waals surface area contributed by atoms with Gasteiger partial charge in [0.1, 0.15) is 5.82 Å². The van der Waals surface area contributed by atoms with Crippen molar-refractivity contribution in [3.63, 3.8) is 0 Å². The number of alkyl halides is 1. The predicted molar refractivity (Wildman–Crippen MR) is 63.0 cm³/mol. The van der Waals surface area contributed by atoms with Crippen LogP contribution in [0, 0.1) is 0 Å². The van der Waals surface area contributed by atoms with Crippen LogP contribution >= 0.6 is 27.5 Å². The third kappa shape index (κ3) is 2.39. The minimum absolute atomic E-state index is 0.272. The number of nitrogens with zero attached hydrogens (tertiary/aromatic N) is 2. The van der Waals surface area contributed by atoms with Crippen molar-refractivity contribution >= 4 is 33.3 Å². The molecular weight excluding hydrogens is 263 g/mol. The van der Waals surface area contributed by atoms with Gasteiger partial charge in [0.15, 0.2) is 0 Å². The molecule has 1 aromatic rings. The molecule has 0 saturated carbocycles. The number of aromatic nitrogens is 1. The van der Waals surface area contributed by atoms with Crippen molar-refractivity contribution in [2.24, 2.45) is 0 Å². The Morgan fingerprint density at radius 3 is 3.00 bits per heavy atom. The molecule has 76 valence electrons. The molecule has 0 aliphatic carbocycles. The standard InChI is InChI=1S/C10H12BrClN2/c11-8-3-4-10(13-6-8)14-5-1-2-9(12)7-14/h3-4,6,9H,1-2,5,7H2. The van der Waals surface area contributed by atoms with Crippen molar-refractivity contribution in [1.82, 2.24) is 4.98 Å². The Bertz CT molecular complexity index is 301. The molecule has 1 unspecified atom stereocenters. The number of piperidine rings is 1. The molecule has 4 heteroatoms. The smallest absolute Gasteiger partial charge is 0.128 e. The summed E-state index contributed by atoms with van der Waals surface area (Å²) in [6, 6.07) is 4.04. The first-order valence-electron chi connectivity index (χ1n) is 4.76. The van der Waals surface area contributed by atoms with Gasteiger partial charge in [-0.05, 0) is 40.9 Å². The Kier molecular flexibility index (Phi) is 3.29. The van der Waals surface area contributed by atoms with Crippen LogP contribution in [0.5, 0.6) is 0 Å². The fourth-order valence-corrected chi connectivity index (χ4v) is 2.24. The first-order chi connectivity index (χ1) is 6.75. The van der Waals surface area contributed by atoms with Crippen LogP contribution in [0.3, 0.4) is 0 Å². The monoisotopic (exact) mass is 274 g/mol. The highest BCUT2D eigenvalue weighted by atomic mass is 79.9. The van der Waals surface area contributed by atoms with Gasteiger partial charge < -0.3 is 4.90 Å². The van der Waals surface area contributed by atoms with Crippen LogP contribution in [0.4, 0.5) is 5.82 Å². The Balaban J connectivity index is 2.10. The summed E-state index contributed by atoms with van der Waals surface area (Å²) in [6.07, 6.45) is 4.10. The van der Waals surface area contributed by atoms with Gasteiger partial charge in [-0.15, -0.1) is 11.6 Å². The zero-order chi connectivity index (χ0) is 9.97. The van der Waals surface area contributed by atoms with Crippen molar-refractivity contribution in [1.29, 1.82) is 0 Å². The minimum atomic E-state index is 0.272. The summed E-state index contributed by atoms with van der Waals surface area (Å²) in [5.74, 6) is 1.03. The third-order valence-electron chi connectivity index (χ3n) is 2.40. The molecule has 1 atom stereocenters. The number of halogens is 2. The van der Waals surface area contributed by atoms with Crippen molar-refractivity contribution in [2.45, 2.75) is 18.2 Å². The second-order valence-corrected chi connectivity index (χ2v) is 5.05. The largest absolute Gasteiger partial charge is 0.355 e. The molecule has 2 nitrogen and oxygen atoms in total. The Labute approximate surface area is 97.4 Å². The van der Waals surface area contributed by atoms with E-state index in [0.717, 1.165) is 36.2 Å². The highest BCUT2D eigenvalue weighted by Gasteiger charge is 2.18. The molecule has 0 radical (unpaired) electrons. The van der Waals surface area contributed by atoms with Crippen LogP contribution in [0.15, 0.2) is 22.8 Å². The first-order valence-corrected chi connectivity index (χ1v) is 5.99. The van der Waals surface area contributed by atoms with Gasteiger partial charge in [-0.3, -0.25) is 0 Å². The number of pyridine rings is 1. The van der Waals surface area contributed by atoms with E-state index in [1.165, 1.54) is 0 Å². The second-order valence-electron chi connectivity index (χ2n) is 3.52. The van der Waals surface area contributed by atoms with Gasteiger partial charge in [-0.25, -0.2) is 4.98 Å². The maximum absolute atomic E-state index is 6.11. The van der Waals surface area contributed by atoms with E-state index in [9.17, 15) is 0 Å². The SMILES string of the molecule is ClC1CCCN(c2ccc(Br)cn2)C1. The van der Waals surface area contributed by atoms with Gasteiger partial charge in [-0.1, -0.05) is 0 Å². The summed E-state index contributed by atoms with van der Waals surface area (Å²) in [5.41, 5.74) is 0. The number of hydrogen-bond acceptors (Lipinski definition) is 2. The molecule has 1 aliphatic rings. The Hall–Kier alpha value is -0.280. The summed E-state index contributed by atoms with van der Waals surface area (Å²) in [6.45, 7) is 1.98. The summed E-state index contributed by atoms with van der Waals surface area (Å²) in [7, 11) is 0. The first kappa shape index (κ1) is 10.2. The average molecular weight is 276 g/mol. The highest BCUT2D eigenvalue weighted by Crippen LogP contribution is 2.21. The van der Waals surface area contributed by atoms with Crippen LogP contribution in [0.1, 0.15) is 12.8 Å². The Morgan fingerprint density at radius 1 is 1.50 bits per heavy atom. The lowest BCUT2D eigenvalue weighted by Crippen LogP contribution is -2.36. The van der Waals surface area contributed by atoms with Crippen LogP contribution < -0.4 is 4.90 Å². The molecule has 1 aromatic heterocycles. The molecule has 0 aromatic carbocycles. The van der Waals surface area contributed by atoms with Gasteiger partial charge in [-0.2, -0.15) is 0 Å². The molecule has 2 heterocycles. The summed E-state index contributed by atoms with van der Waals surface area (Å²) in [4.78, 5) is 6.60. The normalized spacial score (nSPS) is 22.4. The molecule has 14 heavy (non-hydrogen) atoms. The molecule has 1 aliphatic heterocycles. The molecule has 1 saturated heterocycles. The van der Waals surface area contributed by atoms with Crippen molar-refractivity contribution in [2.75, 3.05) is 18.0 Å². The maximum atomic E-state index is 6.11. The molecule has 0 N–H and O–H groups in total. The lowest BCUT2D eigenvalue weighted by atomic mass is 10.1. The summed E-state index contributed by atoms with van der Waals surface area (Å²) in [5, 5.41) is 0.272.